The Morgan fingerprint density at radius 1 is 1.14 bits per heavy atom. The minimum Gasteiger partial charge on any atom is -0.266 e. The van der Waals surface area contributed by atoms with Crippen molar-refractivity contribution < 1.29 is 4.79 Å². The van der Waals surface area contributed by atoms with Crippen LogP contribution in [0.1, 0.15) is 28.5 Å². The molecule has 0 fully saturated rings. The van der Waals surface area contributed by atoms with Crippen LogP contribution in [0.2, 0.25) is 0 Å². The standard InChI is InChI=1S/C21H18Br2N4O/c1-15(7-8-16-5-3-2-4-6-16)24-25-21(28)20-19(23)14-27(26-20)13-17-9-11-18(22)12-10-17/h2-12,14H,13H2,1H3,(H,25,28). The predicted octanol–water partition coefficient (Wildman–Crippen LogP) is 5.28. The van der Waals surface area contributed by atoms with Gasteiger partial charge >= 0.3 is 0 Å². The molecule has 3 aromatic rings. The fraction of sp³-hybridized carbons (Fsp3) is 0.0952. The molecule has 5 nitrogen and oxygen atoms in total. The summed E-state index contributed by atoms with van der Waals surface area (Å²) in [6.45, 7) is 2.39. The molecule has 0 aliphatic rings. The number of carbonyl (C=O) groups is 1. The van der Waals surface area contributed by atoms with E-state index in [1.54, 1.807) is 10.9 Å². The summed E-state index contributed by atoms with van der Waals surface area (Å²) in [5.41, 5.74) is 5.68. The number of benzene rings is 2. The van der Waals surface area contributed by atoms with Gasteiger partial charge in [0.1, 0.15) is 0 Å². The van der Waals surface area contributed by atoms with E-state index in [1.165, 1.54) is 0 Å². The molecule has 1 amide bonds. The summed E-state index contributed by atoms with van der Waals surface area (Å²) in [6.07, 6.45) is 5.56. The minimum atomic E-state index is -0.367. The molecule has 0 spiro atoms. The molecule has 142 valence electrons. The van der Waals surface area contributed by atoms with E-state index in [4.69, 9.17) is 0 Å². The van der Waals surface area contributed by atoms with Gasteiger partial charge in [-0.2, -0.15) is 10.2 Å². The Kier molecular flexibility index (Phi) is 6.95. The summed E-state index contributed by atoms with van der Waals surface area (Å²) in [7, 11) is 0. The first-order valence-corrected chi connectivity index (χ1v) is 10.1. The van der Waals surface area contributed by atoms with E-state index in [9.17, 15) is 4.79 Å². The van der Waals surface area contributed by atoms with Crippen molar-refractivity contribution in [3.05, 3.63) is 92.6 Å². The van der Waals surface area contributed by atoms with Crippen LogP contribution in [0.25, 0.3) is 6.08 Å². The SMILES string of the molecule is CC(C=Cc1ccccc1)=NNC(=O)c1nn(Cc2ccc(Br)cc2)cc1Br. The lowest BCUT2D eigenvalue weighted by atomic mass is 10.2. The average Bonchev–Trinajstić information content (AvgIpc) is 3.07. The van der Waals surface area contributed by atoms with Crippen molar-refractivity contribution in [2.75, 3.05) is 0 Å². The first kappa shape index (κ1) is 20.2. The van der Waals surface area contributed by atoms with Gasteiger partial charge in [-0.15, -0.1) is 0 Å². The predicted molar refractivity (Wildman–Crippen MR) is 119 cm³/mol. The lowest BCUT2D eigenvalue weighted by Gasteiger charge is -2.02. The highest BCUT2D eigenvalue weighted by molar-refractivity contribution is 9.10. The van der Waals surface area contributed by atoms with E-state index in [-0.39, 0.29) is 5.91 Å². The largest absolute Gasteiger partial charge is 0.293 e. The van der Waals surface area contributed by atoms with Gasteiger partial charge in [0.2, 0.25) is 0 Å². The summed E-state index contributed by atoms with van der Waals surface area (Å²) in [4.78, 5) is 12.4. The van der Waals surface area contributed by atoms with Crippen molar-refractivity contribution in [1.29, 1.82) is 0 Å². The molecular weight excluding hydrogens is 484 g/mol. The maximum Gasteiger partial charge on any atom is 0.293 e. The maximum absolute atomic E-state index is 12.4. The quantitative estimate of drug-likeness (QED) is 0.369. The number of nitrogens with zero attached hydrogens (tertiary/aromatic N) is 3. The second-order valence-corrected chi connectivity index (χ2v) is 7.86. The lowest BCUT2D eigenvalue weighted by Crippen LogP contribution is -2.20. The highest BCUT2D eigenvalue weighted by atomic mass is 79.9. The summed E-state index contributed by atoms with van der Waals surface area (Å²) < 4.78 is 3.36. The number of hydrogen-bond donors (Lipinski definition) is 1. The van der Waals surface area contributed by atoms with E-state index in [0.29, 0.717) is 22.4 Å². The van der Waals surface area contributed by atoms with Crippen LogP contribution in [0.5, 0.6) is 0 Å². The monoisotopic (exact) mass is 500 g/mol. The molecule has 0 aliphatic carbocycles. The van der Waals surface area contributed by atoms with Gasteiger partial charge in [0, 0.05) is 10.7 Å². The lowest BCUT2D eigenvalue weighted by molar-refractivity contribution is 0.0948. The minimum absolute atomic E-state index is 0.292. The van der Waals surface area contributed by atoms with Crippen LogP contribution in [0.3, 0.4) is 0 Å². The molecule has 0 unspecified atom stereocenters. The van der Waals surface area contributed by atoms with Gasteiger partial charge in [-0.3, -0.25) is 9.48 Å². The second kappa shape index (κ2) is 9.61. The highest BCUT2D eigenvalue weighted by Gasteiger charge is 2.15. The first-order valence-electron chi connectivity index (χ1n) is 8.56. The van der Waals surface area contributed by atoms with Gasteiger partial charge < -0.3 is 0 Å². The molecular formula is C21H18Br2N4O. The third-order valence-corrected chi connectivity index (χ3v) is 4.95. The molecule has 0 saturated heterocycles. The van der Waals surface area contributed by atoms with Crippen molar-refractivity contribution in [2.24, 2.45) is 5.10 Å². The number of halogens is 2. The van der Waals surface area contributed by atoms with Gasteiger partial charge in [0.25, 0.3) is 5.91 Å². The van der Waals surface area contributed by atoms with E-state index in [1.807, 2.05) is 73.7 Å². The number of hydrazone groups is 1. The fourth-order valence-corrected chi connectivity index (χ4v) is 3.18. The van der Waals surface area contributed by atoms with Crippen LogP contribution in [-0.2, 0) is 6.54 Å². The van der Waals surface area contributed by atoms with Crippen molar-refractivity contribution in [3.63, 3.8) is 0 Å². The van der Waals surface area contributed by atoms with E-state index >= 15 is 0 Å². The van der Waals surface area contributed by atoms with Gasteiger partial charge in [-0.05, 0) is 52.2 Å². The zero-order chi connectivity index (χ0) is 19.9. The van der Waals surface area contributed by atoms with E-state index in [0.717, 1.165) is 15.6 Å². The third kappa shape index (κ3) is 5.74. The van der Waals surface area contributed by atoms with Gasteiger partial charge in [-0.1, -0.05) is 64.5 Å². The molecule has 0 radical (unpaired) electrons. The number of rotatable bonds is 6. The zero-order valence-corrected chi connectivity index (χ0v) is 18.3. The Hall–Kier alpha value is -2.51. The average molecular weight is 502 g/mol. The molecule has 1 heterocycles. The maximum atomic E-state index is 12.4. The Bertz CT molecular complexity index is 1010. The third-order valence-electron chi connectivity index (χ3n) is 3.84. The Morgan fingerprint density at radius 3 is 2.57 bits per heavy atom. The molecule has 0 aliphatic heterocycles. The van der Waals surface area contributed by atoms with Gasteiger partial charge in [-0.25, -0.2) is 5.43 Å². The molecule has 0 bridgehead atoms. The number of allylic oxidation sites excluding steroid dienone is 1. The Morgan fingerprint density at radius 2 is 1.86 bits per heavy atom. The summed E-state index contributed by atoms with van der Waals surface area (Å²) in [5.74, 6) is -0.367. The molecule has 1 N–H and O–H groups in total. The summed E-state index contributed by atoms with van der Waals surface area (Å²) in [5, 5.41) is 8.47. The highest BCUT2D eigenvalue weighted by Crippen LogP contribution is 2.17. The summed E-state index contributed by atoms with van der Waals surface area (Å²) in [6, 6.07) is 17.9. The Labute approximate surface area is 180 Å². The molecule has 1 aromatic heterocycles. The normalized spacial score (nSPS) is 11.8. The van der Waals surface area contributed by atoms with Crippen LogP contribution in [0, 0.1) is 0 Å². The fourth-order valence-electron chi connectivity index (χ4n) is 2.42. The number of hydrogen-bond acceptors (Lipinski definition) is 3. The number of nitrogens with one attached hydrogen (secondary N) is 1. The topological polar surface area (TPSA) is 59.3 Å². The second-order valence-electron chi connectivity index (χ2n) is 6.09. The number of carbonyl (C=O) groups excluding carboxylic acids is 1. The number of aromatic nitrogens is 2. The van der Waals surface area contributed by atoms with Gasteiger partial charge in [0.05, 0.1) is 16.7 Å². The van der Waals surface area contributed by atoms with Crippen LogP contribution in [0.4, 0.5) is 0 Å². The van der Waals surface area contributed by atoms with Crippen molar-refractivity contribution in [2.45, 2.75) is 13.5 Å². The van der Waals surface area contributed by atoms with Crippen molar-refractivity contribution in [1.82, 2.24) is 15.2 Å². The molecule has 2 aromatic carbocycles. The van der Waals surface area contributed by atoms with Crippen LogP contribution < -0.4 is 5.43 Å². The molecule has 7 heteroatoms. The van der Waals surface area contributed by atoms with Crippen LogP contribution in [0.15, 0.2) is 80.9 Å². The van der Waals surface area contributed by atoms with Crippen LogP contribution in [-0.4, -0.2) is 21.4 Å². The molecule has 28 heavy (non-hydrogen) atoms. The first-order chi connectivity index (χ1) is 13.5. The van der Waals surface area contributed by atoms with E-state index in [2.05, 4.69) is 47.5 Å². The van der Waals surface area contributed by atoms with Crippen LogP contribution >= 0.6 is 31.9 Å². The smallest absolute Gasteiger partial charge is 0.266 e. The van der Waals surface area contributed by atoms with Crippen molar-refractivity contribution in [3.8, 4) is 0 Å². The molecule has 0 saturated carbocycles. The zero-order valence-electron chi connectivity index (χ0n) is 15.1. The van der Waals surface area contributed by atoms with Gasteiger partial charge in [0.15, 0.2) is 5.69 Å². The van der Waals surface area contributed by atoms with Crippen molar-refractivity contribution >= 4 is 49.6 Å². The summed E-state index contributed by atoms with van der Waals surface area (Å²) >= 11 is 6.82. The number of amides is 1. The molecule has 0 atom stereocenters. The Balaban J connectivity index is 1.63. The molecule has 3 rings (SSSR count). The van der Waals surface area contributed by atoms with E-state index < -0.39 is 0 Å².